The van der Waals surface area contributed by atoms with Crippen LogP contribution in [0.1, 0.15) is 10.4 Å². The summed E-state index contributed by atoms with van der Waals surface area (Å²) in [4.78, 5) is 37.5. The number of nitrogens with one attached hydrogen (secondary N) is 1. The number of nitrogens with zero attached hydrogens (tertiary/aromatic N) is 2. The van der Waals surface area contributed by atoms with Crippen LogP contribution in [0.4, 0.5) is 0 Å². The monoisotopic (exact) mass is 341 g/mol. The Morgan fingerprint density at radius 2 is 2.16 bits per heavy atom. The minimum absolute atomic E-state index is 0.357. The third-order valence-corrected chi connectivity index (χ3v) is 3.98. The quantitative estimate of drug-likeness (QED) is 0.669. The van der Waals surface area contributed by atoms with Gasteiger partial charge in [0, 0.05) is 22.0 Å². The molecule has 0 aliphatic carbocycles. The zero-order valence-corrected chi connectivity index (χ0v) is 12.1. The van der Waals surface area contributed by atoms with E-state index in [2.05, 4.69) is 26.0 Å². The summed E-state index contributed by atoms with van der Waals surface area (Å²) in [7, 11) is 1.59. The maximum atomic E-state index is 11.2. The third-order valence-electron chi connectivity index (χ3n) is 2.26. The van der Waals surface area contributed by atoms with Crippen molar-refractivity contribution >= 4 is 34.0 Å². The number of halogens is 1. The minimum atomic E-state index is -0.829. The Hall–Kier alpha value is -1.67. The van der Waals surface area contributed by atoms with Gasteiger partial charge in [-0.15, -0.1) is 0 Å². The van der Waals surface area contributed by atoms with Gasteiger partial charge >= 0.3 is 11.1 Å². The molecule has 19 heavy (non-hydrogen) atoms. The molecule has 6 nitrogen and oxygen atoms in total. The van der Waals surface area contributed by atoms with Gasteiger partial charge < -0.3 is 0 Å². The van der Waals surface area contributed by atoms with E-state index >= 15 is 0 Å². The summed E-state index contributed by atoms with van der Waals surface area (Å²) in [5.41, 5.74) is -1.05. The van der Waals surface area contributed by atoms with Gasteiger partial charge in [0.15, 0.2) is 11.4 Å². The Morgan fingerprint density at radius 1 is 1.42 bits per heavy atom. The van der Waals surface area contributed by atoms with Gasteiger partial charge in [-0.2, -0.15) is 4.98 Å². The van der Waals surface area contributed by atoms with Crippen molar-refractivity contribution < 1.29 is 4.79 Å². The first-order chi connectivity index (χ1) is 9.01. The Kier molecular flexibility index (Phi) is 4.01. The predicted molar refractivity (Wildman–Crippen MR) is 73.8 cm³/mol. The topological polar surface area (TPSA) is 84.8 Å². The molecule has 0 unspecified atom stereocenters. The first-order valence-electron chi connectivity index (χ1n) is 5.11. The van der Waals surface area contributed by atoms with Crippen LogP contribution in [0.5, 0.6) is 0 Å². The van der Waals surface area contributed by atoms with E-state index in [1.807, 2.05) is 0 Å². The van der Waals surface area contributed by atoms with Gasteiger partial charge in [-0.3, -0.25) is 24.2 Å². The highest BCUT2D eigenvalue weighted by Crippen LogP contribution is 2.28. The van der Waals surface area contributed by atoms with Crippen LogP contribution < -0.4 is 11.1 Å². The average molecular weight is 342 g/mol. The number of H-pyrrole nitrogens is 1. The molecule has 0 bridgehead atoms. The van der Waals surface area contributed by atoms with Crippen molar-refractivity contribution in [3.8, 4) is 0 Å². The smallest absolute Gasteiger partial charge is 0.298 e. The molecule has 1 aromatic carbocycles. The molecule has 8 heteroatoms. The Morgan fingerprint density at radius 3 is 2.79 bits per heavy atom. The molecule has 1 N–H and O–H groups in total. The van der Waals surface area contributed by atoms with Gasteiger partial charge in [0.25, 0.3) is 0 Å². The Labute approximate surface area is 120 Å². The molecule has 2 aromatic rings. The number of aromatic nitrogens is 3. The molecule has 0 saturated carbocycles. The van der Waals surface area contributed by atoms with Crippen molar-refractivity contribution in [2.45, 2.75) is 10.1 Å². The van der Waals surface area contributed by atoms with Crippen molar-refractivity contribution in [3.63, 3.8) is 0 Å². The van der Waals surface area contributed by atoms with E-state index in [9.17, 15) is 14.4 Å². The number of carbonyl (C=O) groups excluding carboxylic acids is 1. The van der Waals surface area contributed by atoms with Gasteiger partial charge in [0.05, 0.1) is 0 Å². The molecule has 0 fully saturated rings. The van der Waals surface area contributed by atoms with Crippen LogP contribution in [0.3, 0.4) is 0 Å². The van der Waals surface area contributed by atoms with Crippen LogP contribution in [-0.4, -0.2) is 21.1 Å². The molecule has 0 aliphatic heterocycles. The molecule has 98 valence electrons. The zero-order chi connectivity index (χ0) is 14.0. The second-order valence-corrected chi connectivity index (χ2v) is 5.50. The molecular formula is C11H8BrN3O3S. The fourth-order valence-corrected chi connectivity index (χ4v) is 2.78. The first kappa shape index (κ1) is 13.8. The number of benzene rings is 1. The van der Waals surface area contributed by atoms with Gasteiger partial charge in [-0.1, -0.05) is 27.7 Å². The van der Waals surface area contributed by atoms with E-state index in [1.165, 1.54) is 16.4 Å². The summed E-state index contributed by atoms with van der Waals surface area (Å²) in [5.74, 6) is 0. The standard InChI is InChI=1S/C11H8BrN3O3S/c1-15-11(13-9(17)10(18)14-15)19-7-3-2-6(5-16)8(12)4-7/h2-5H,1H3,(H,14,18). The first-order valence-corrected chi connectivity index (χ1v) is 6.72. The molecular weight excluding hydrogens is 334 g/mol. The molecule has 1 heterocycles. The highest BCUT2D eigenvalue weighted by atomic mass is 79.9. The highest BCUT2D eigenvalue weighted by molar-refractivity contribution is 9.10. The normalized spacial score (nSPS) is 10.4. The molecule has 2 rings (SSSR count). The lowest BCUT2D eigenvalue weighted by molar-refractivity contribution is 0.112. The fraction of sp³-hybridized carbons (Fsp3) is 0.0909. The summed E-state index contributed by atoms with van der Waals surface area (Å²) in [6, 6.07) is 5.13. The van der Waals surface area contributed by atoms with Crippen LogP contribution in [0.2, 0.25) is 0 Å². The van der Waals surface area contributed by atoms with Crippen LogP contribution >= 0.6 is 27.7 Å². The number of aldehydes is 1. The SMILES string of the molecule is Cn1[nH]c(=O)c(=O)nc1Sc1ccc(C=O)c(Br)c1. The number of aryl methyl sites for hydroxylation is 1. The number of aromatic amines is 1. The summed E-state index contributed by atoms with van der Waals surface area (Å²) in [6.45, 7) is 0. The second-order valence-electron chi connectivity index (χ2n) is 3.60. The van der Waals surface area contributed by atoms with Crippen molar-refractivity contribution in [3.05, 3.63) is 48.9 Å². The summed E-state index contributed by atoms with van der Waals surface area (Å²) in [5, 5.41) is 2.72. The van der Waals surface area contributed by atoms with Crippen LogP contribution in [0, 0.1) is 0 Å². The molecule has 0 aliphatic rings. The molecule has 0 saturated heterocycles. The fourth-order valence-electron chi connectivity index (χ4n) is 1.32. The van der Waals surface area contributed by atoms with Crippen LogP contribution in [0.15, 0.2) is 42.3 Å². The maximum absolute atomic E-state index is 11.2. The minimum Gasteiger partial charge on any atom is -0.298 e. The van der Waals surface area contributed by atoms with Crippen molar-refractivity contribution in [1.82, 2.24) is 14.8 Å². The largest absolute Gasteiger partial charge is 0.339 e. The van der Waals surface area contributed by atoms with E-state index in [0.717, 1.165) is 11.2 Å². The zero-order valence-electron chi connectivity index (χ0n) is 9.71. The average Bonchev–Trinajstić information content (AvgIpc) is 2.36. The Balaban J connectivity index is 2.39. The van der Waals surface area contributed by atoms with Gasteiger partial charge in [-0.05, 0) is 18.2 Å². The van der Waals surface area contributed by atoms with E-state index in [-0.39, 0.29) is 0 Å². The maximum Gasteiger partial charge on any atom is 0.339 e. The third kappa shape index (κ3) is 3.02. The lowest BCUT2D eigenvalue weighted by atomic mass is 10.2. The molecule has 0 amide bonds. The van der Waals surface area contributed by atoms with E-state index < -0.39 is 11.1 Å². The van der Waals surface area contributed by atoms with Crippen molar-refractivity contribution in [2.75, 3.05) is 0 Å². The van der Waals surface area contributed by atoms with Gasteiger partial charge in [0.2, 0.25) is 0 Å². The van der Waals surface area contributed by atoms with Gasteiger partial charge in [-0.25, -0.2) is 0 Å². The molecule has 0 radical (unpaired) electrons. The second kappa shape index (κ2) is 5.54. The number of hydrogen-bond donors (Lipinski definition) is 1. The van der Waals surface area contributed by atoms with Crippen molar-refractivity contribution in [1.29, 1.82) is 0 Å². The lowest BCUT2D eigenvalue weighted by Gasteiger charge is -2.06. The van der Waals surface area contributed by atoms with Crippen molar-refractivity contribution in [2.24, 2.45) is 7.05 Å². The van der Waals surface area contributed by atoms with E-state index in [0.29, 0.717) is 15.2 Å². The molecule has 1 aromatic heterocycles. The Bertz CT molecular complexity index is 754. The number of carbonyl (C=O) groups is 1. The predicted octanol–water partition coefficient (Wildman–Crippen LogP) is 1.19. The summed E-state index contributed by atoms with van der Waals surface area (Å²) >= 11 is 4.48. The van der Waals surface area contributed by atoms with Crippen LogP contribution in [-0.2, 0) is 7.05 Å². The number of rotatable bonds is 3. The van der Waals surface area contributed by atoms with E-state index in [4.69, 9.17) is 0 Å². The van der Waals surface area contributed by atoms with E-state index in [1.54, 1.807) is 25.2 Å². The van der Waals surface area contributed by atoms with Crippen LogP contribution in [0.25, 0.3) is 0 Å². The molecule has 0 spiro atoms. The summed E-state index contributed by atoms with van der Waals surface area (Å²) in [6.07, 6.45) is 0.743. The number of hydrogen-bond acceptors (Lipinski definition) is 5. The lowest BCUT2D eigenvalue weighted by Crippen LogP contribution is -2.33. The van der Waals surface area contributed by atoms with Gasteiger partial charge in [0.1, 0.15) is 0 Å². The summed E-state index contributed by atoms with van der Waals surface area (Å²) < 4.78 is 2.03. The highest BCUT2D eigenvalue weighted by Gasteiger charge is 2.07. The molecule has 0 atom stereocenters.